The van der Waals surface area contributed by atoms with Gasteiger partial charge in [-0.1, -0.05) is 18.2 Å². The number of benzene rings is 2. The fourth-order valence-corrected chi connectivity index (χ4v) is 10.2. The maximum absolute atomic E-state index is 10.7. The van der Waals surface area contributed by atoms with E-state index in [1.165, 1.54) is 3.93 Å². The van der Waals surface area contributed by atoms with Crippen molar-refractivity contribution in [1.82, 2.24) is 0 Å². The molecule has 2 aromatic carbocycles. The second-order valence-corrected chi connectivity index (χ2v) is 17.1. The van der Waals surface area contributed by atoms with Crippen molar-refractivity contribution in [1.29, 1.82) is 0 Å². The van der Waals surface area contributed by atoms with Crippen LogP contribution in [0.2, 0.25) is 3.93 Å². The molecule has 0 unspecified atom stereocenters. The number of rotatable bonds is 4. The largest absolute Gasteiger partial charge is 1.00 e. The fourth-order valence-electron chi connectivity index (χ4n) is 1.40. The summed E-state index contributed by atoms with van der Waals surface area (Å²) in [7, 11) is 1.78. The van der Waals surface area contributed by atoms with E-state index in [1.807, 2.05) is 18.2 Å². The summed E-state index contributed by atoms with van der Waals surface area (Å²) in [4.78, 5) is 11.6. The molecule has 21 heavy (non-hydrogen) atoms. The zero-order chi connectivity index (χ0) is 14.8. The van der Waals surface area contributed by atoms with Crippen LogP contribution in [0.15, 0.2) is 59.5 Å². The van der Waals surface area contributed by atoms with E-state index in [1.54, 1.807) is 44.6 Å². The summed E-state index contributed by atoms with van der Waals surface area (Å²) in [6.07, 6.45) is 0. The van der Waals surface area contributed by atoms with Crippen LogP contribution >= 0.6 is 8.24 Å². The first-order valence-corrected chi connectivity index (χ1v) is 17.9. The van der Waals surface area contributed by atoms with Gasteiger partial charge in [0.05, 0.1) is 0 Å². The van der Waals surface area contributed by atoms with E-state index in [-0.39, 0.29) is 29.6 Å². The average Bonchev–Trinajstić information content (AvgIpc) is 2.47. The van der Waals surface area contributed by atoms with Crippen molar-refractivity contribution in [2.24, 2.45) is 0 Å². The number of carbonyl (C=O) groups is 1. The Balaban J connectivity index is 0.000000425. The van der Waals surface area contributed by atoms with Crippen LogP contribution in [0.3, 0.4) is 0 Å². The zero-order valence-corrected chi connectivity index (χ0v) is 20.6. The van der Waals surface area contributed by atoms with Gasteiger partial charge < -0.3 is 5.11 Å². The van der Waals surface area contributed by atoms with Crippen LogP contribution in [0, 0.1) is 0 Å². The number of hydrogen-bond donors (Lipinski definition) is 1. The van der Waals surface area contributed by atoms with Crippen molar-refractivity contribution < 1.29 is 67.6 Å². The number of phenolic OH excluding ortho intramolecular Hbond substituents is 1. The molecule has 0 aliphatic carbocycles. The topological polar surface area (TPSA) is 60.4 Å². The molecule has 0 atom stereocenters. The summed E-state index contributed by atoms with van der Waals surface area (Å²) >= 11 is -0.888. The van der Waals surface area contributed by atoms with Gasteiger partial charge in [0, 0.05) is 0 Å². The fraction of sp³-hybridized carbons (Fsp3) is 0.133. The minimum absolute atomic E-state index is 0. The number of aromatic carboxylic acids is 1. The average molecular weight is 499 g/mol. The maximum Gasteiger partial charge on any atom is 1.00 e. The van der Waals surface area contributed by atoms with Gasteiger partial charge in [0.2, 0.25) is 0 Å². The number of carboxylic acids is 1. The van der Waals surface area contributed by atoms with E-state index in [9.17, 15) is 9.90 Å². The molecule has 102 valence electrons. The van der Waals surface area contributed by atoms with Crippen LogP contribution in [0.25, 0.3) is 0 Å². The number of hydrogen-bond acceptors (Lipinski definition) is 4. The van der Waals surface area contributed by atoms with E-state index in [0.717, 1.165) is 4.90 Å². The second kappa shape index (κ2) is 12.5. The Bertz CT molecular complexity index is 537. The van der Waals surface area contributed by atoms with Gasteiger partial charge in [-0.25, -0.2) is 0 Å². The molecule has 0 aliphatic heterocycles. The third-order valence-corrected chi connectivity index (χ3v) is 14.4. The Labute approximate surface area is 162 Å². The van der Waals surface area contributed by atoms with Crippen LogP contribution in [0.1, 0.15) is 17.3 Å². The van der Waals surface area contributed by atoms with Crippen molar-refractivity contribution in [3.63, 3.8) is 0 Å². The molecule has 1 N–H and O–H groups in total. The number of phenols is 1. The van der Waals surface area contributed by atoms with Crippen molar-refractivity contribution in [2.75, 3.05) is 0 Å². The molecule has 0 radical (unpaired) electrons. The molecule has 0 saturated heterocycles. The zero-order valence-electron chi connectivity index (χ0n) is 12.3. The van der Waals surface area contributed by atoms with Crippen LogP contribution in [0.5, 0.6) is 5.75 Å². The minimum Gasteiger partial charge on any atom is -0.508 e. The molecule has 2 aromatic rings. The molecule has 3 nitrogen and oxygen atoms in total. The summed E-state index contributed by atoms with van der Waals surface area (Å²) < 4.78 is 1.26. The summed E-state index contributed by atoms with van der Waals surface area (Å²) in [5, 5.41) is 19.3. The smallest absolute Gasteiger partial charge is 0.508 e. The third-order valence-electron chi connectivity index (χ3n) is 2.32. The first-order chi connectivity index (χ1) is 9.65. The van der Waals surface area contributed by atoms with Crippen molar-refractivity contribution in [3.8, 4) is 5.75 Å². The summed E-state index contributed by atoms with van der Waals surface area (Å²) in [6.45, 7) is 2.16. The molecular formula is C15H15HgNaO3S. The Kier molecular flexibility index (Phi) is 12.5. The number of aromatic hydroxyl groups is 1. The SMILES string of the molecule is C[CH2][Hg][S]c1ccccc1C(=O)[O-].Oc1ccccc1.[Na+]. The van der Waals surface area contributed by atoms with Gasteiger partial charge in [-0.3, -0.25) is 0 Å². The maximum atomic E-state index is 10.7. The number of carboxylic acid groups (broad SMARTS) is 1. The predicted octanol–water partition coefficient (Wildman–Crippen LogP) is -0.0259. The van der Waals surface area contributed by atoms with Crippen molar-refractivity contribution in [2.45, 2.75) is 15.7 Å². The predicted molar refractivity (Wildman–Crippen MR) is 75.2 cm³/mol. The van der Waals surface area contributed by atoms with Crippen LogP contribution < -0.4 is 34.7 Å². The molecule has 2 rings (SSSR count). The second-order valence-electron chi connectivity index (χ2n) is 3.97. The molecule has 0 bridgehead atoms. The standard InChI is InChI=1S/C7H6O2S.C6H6O.C2H5.Hg.Na/c8-7(9)5-3-1-2-4-6(5)10;7-6-4-2-1-3-5-6;1-2;;/h1-4,10H,(H,8,9);1-5,7H;1H2,2H3;;/q;;;2*+1/p-2. The molecule has 0 aliphatic rings. The quantitative estimate of drug-likeness (QED) is 0.602. The Hall–Kier alpha value is -0.00494. The molecule has 0 saturated carbocycles. The van der Waals surface area contributed by atoms with E-state index < -0.39 is 29.0 Å². The Morgan fingerprint density at radius 2 is 1.71 bits per heavy atom. The van der Waals surface area contributed by atoms with Gasteiger partial charge in [0.1, 0.15) is 5.75 Å². The van der Waals surface area contributed by atoms with Gasteiger partial charge in [-0.2, -0.15) is 0 Å². The van der Waals surface area contributed by atoms with Crippen molar-refractivity contribution in [3.05, 3.63) is 60.2 Å². The summed E-state index contributed by atoms with van der Waals surface area (Å²) in [5.41, 5.74) is 0.348. The molecule has 0 amide bonds. The van der Waals surface area contributed by atoms with Crippen molar-refractivity contribution >= 4 is 14.2 Å². The minimum atomic E-state index is -1.06. The molecule has 6 heteroatoms. The molecule has 0 fully saturated rings. The summed E-state index contributed by atoms with van der Waals surface area (Å²) in [5.74, 6) is -0.741. The van der Waals surface area contributed by atoms with Gasteiger partial charge in [-0.05, 0) is 12.1 Å². The summed E-state index contributed by atoms with van der Waals surface area (Å²) in [6, 6.07) is 15.8. The normalized spacial score (nSPS) is 8.62. The Morgan fingerprint density at radius 3 is 2.19 bits per heavy atom. The van der Waals surface area contributed by atoms with E-state index >= 15 is 0 Å². The van der Waals surface area contributed by atoms with Gasteiger partial charge in [-0.15, -0.1) is 0 Å². The Morgan fingerprint density at radius 1 is 1.14 bits per heavy atom. The monoisotopic (exact) mass is 500 g/mol. The van der Waals surface area contributed by atoms with E-state index in [2.05, 4.69) is 6.92 Å². The van der Waals surface area contributed by atoms with Gasteiger partial charge in [0.15, 0.2) is 0 Å². The number of para-hydroxylation sites is 1. The van der Waals surface area contributed by atoms with E-state index in [0.29, 0.717) is 11.3 Å². The first kappa shape index (κ1) is 21.0. The molecular weight excluding hydrogens is 484 g/mol. The van der Waals surface area contributed by atoms with E-state index in [4.69, 9.17) is 5.11 Å². The van der Waals surface area contributed by atoms with Crippen LogP contribution in [-0.4, -0.2) is 11.1 Å². The van der Waals surface area contributed by atoms with Crippen LogP contribution in [0.4, 0.5) is 0 Å². The third kappa shape index (κ3) is 8.89. The first-order valence-electron chi connectivity index (χ1n) is 6.32. The number of carbonyl (C=O) groups excluding carboxylic acids is 1. The molecule has 0 spiro atoms. The van der Waals surface area contributed by atoms with Gasteiger partial charge in [0.25, 0.3) is 0 Å². The van der Waals surface area contributed by atoms with Crippen LogP contribution in [-0.2, 0) is 23.1 Å². The van der Waals surface area contributed by atoms with Gasteiger partial charge >= 0.3 is 122 Å². The molecule has 0 heterocycles. The molecule has 0 aromatic heterocycles.